The Hall–Kier alpha value is -2.85. The van der Waals surface area contributed by atoms with Crippen LogP contribution in [0.25, 0.3) is 0 Å². The summed E-state index contributed by atoms with van der Waals surface area (Å²) in [7, 11) is 0. The number of phenols is 2. The van der Waals surface area contributed by atoms with Crippen LogP contribution in [0.15, 0.2) is 48.5 Å². The highest BCUT2D eigenvalue weighted by Gasteiger charge is 2.45. The number of esters is 1. The number of hydrogen-bond donors (Lipinski definition) is 5. The molecule has 150 valence electrons. The summed E-state index contributed by atoms with van der Waals surface area (Å²) in [6.07, 6.45) is -7.33. The first kappa shape index (κ1) is 19.9. The van der Waals surface area contributed by atoms with Crippen LogP contribution in [0, 0.1) is 0 Å². The average Bonchev–Trinajstić information content (AvgIpc) is 2.70. The number of benzene rings is 2. The summed E-state index contributed by atoms with van der Waals surface area (Å²) in [6.45, 7) is -0.390. The maximum absolute atomic E-state index is 12.0. The Bertz CT molecular complexity index is 810. The number of aliphatic hydroxyl groups is 3. The van der Waals surface area contributed by atoms with E-state index in [1.165, 1.54) is 12.1 Å². The molecule has 0 amide bonds. The first-order valence-electron chi connectivity index (χ1n) is 8.47. The molecule has 0 aliphatic carbocycles. The van der Waals surface area contributed by atoms with E-state index in [4.69, 9.17) is 14.2 Å². The molecule has 1 aliphatic heterocycles. The number of hydrogen-bond acceptors (Lipinski definition) is 9. The van der Waals surface area contributed by atoms with Crippen LogP contribution in [-0.4, -0.2) is 68.8 Å². The smallest absolute Gasteiger partial charge is 0.338 e. The SMILES string of the molecule is O=C(OCC1OC(Oc2ccc(O)c(O)c2)C(O)C(O)C1O)c1ccccc1. The van der Waals surface area contributed by atoms with Crippen LogP contribution in [0.4, 0.5) is 0 Å². The topological polar surface area (TPSA) is 146 Å². The molecule has 0 aromatic heterocycles. The lowest BCUT2D eigenvalue weighted by Gasteiger charge is -2.39. The van der Waals surface area contributed by atoms with Crippen molar-refractivity contribution >= 4 is 5.97 Å². The second-order valence-electron chi connectivity index (χ2n) is 6.25. The molecule has 0 radical (unpaired) electrons. The van der Waals surface area contributed by atoms with Crippen LogP contribution >= 0.6 is 0 Å². The van der Waals surface area contributed by atoms with Gasteiger partial charge >= 0.3 is 5.97 Å². The van der Waals surface area contributed by atoms with Gasteiger partial charge in [0, 0.05) is 6.07 Å². The number of rotatable bonds is 5. The Balaban J connectivity index is 1.66. The Labute approximate surface area is 160 Å². The van der Waals surface area contributed by atoms with E-state index in [9.17, 15) is 30.3 Å². The van der Waals surface area contributed by atoms with Crippen molar-refractivity contribution in [1.29, 1.82) is 0 Å². The molecule has 3 rings (SSSR count). The third-order valence-electron chi connectivity index (χ3n) is 4.26. The van der Waals surface area contributed by atoms with Gasteiger partial charge in [-0.1, -0.05) is 18.2 Å². The zero-order valence-corrected chi connectivity index (χ0v) is 14.6. The van der Waals surface area contributed by atoms with Crippen molar-refractivity contribution in [2.24, 2.45) is 0 Å². The lowest BCUT2D eigenvalue weighted by Crippen LogP contribution is -2.60. The van der Waals surface area contributed by atoms with Gasteiger partial charge in [0.05, 0.1) is 5.56 Å². The van der Waals surface area contributed by atoms with Crippen LogP contribution in [0.1, 0.15) is 10.4 Å². The van der Waals surface area contributed by atoms with E-state index in [0.29, 0.717) is 5.56 Å². The summed E-state index contributed by atoms with van der Waals surface area (Å²) in [5, 5.41) is 49.1. The van der Waals surface area contributed by atoms with Gasteiger partial charge < -0.3 is 39.7 Å². The minimum Gasteiger partial charge on any atom is -0.504 e. The third-order valence-corrected chi connectivity index (χ3v) is 4.26. The molecule has 5 N–H and O–H groups in total. The van der Waals surface area contributed by atoms with Gasteiger partial charge in [0.2, 0.25) is 6.29 Å². The summed E-state index contributed by atoms with van der Waals surface area (Å²) in [4.78, 5) is 12.0. The Morgan fingerprint density at radius 1 is 0.929 bits per heavy atom. The Kier molecular flexibility index (Phi) is 6.00. The van der Waals surface area contributed by atoms with Gasteiger partial charge in [-0.3, -0.25) is 0 Å². The van der Waals surface area contributed by atoms with E-state index in [0.717, 1.165) is 6.07 Å². The standard InChI is InChI=1S/C19H20O9/c20-12-7-6-11(8-13(12)21)27-19-17(24)16(23)15(22)14(28-19)9-26-18(25)10-4-2-1-3-5-10/h1-8,14-17,19-24H,9H2. The predicted octanol–water partition coefficient (Wildman–Crippen LogP) is 0.141. The summed E-state index contributed by atoms with van der Waals surface area (Å²) >= 11 is 0. The monoisotopic (exact) mass is 392 g/mol. The molecular weight excluding hydrogens is 372 g/mol. The average molecular weight is 392 g/mol. The highest BCUT2D eigenvalue weighted by molar-refractivity contribution is 5.89. The minimum atomic E-state index is -1.62. The largest absolute Gasteiger partial charge is 0.504 e. The van der Waals surface area contributed by atoms with Crippen molar-refractivity contribution in [3.05, 3.63) is 54.1 Å². The Morgan fingerprint density at radius 2 is 1.64 bits per heavy atom. The van der Waals surface area contributed by atoms with Crippen molar-refractivity contribution in [3.8, 4) is 17.2 Å². The summed E-state index contributed by atoms with van der Waals surface area (Å²) < 4.78 is 15.9. The molecule has 5 unspecified atom stereocenters. The third kappa shape index (κ3) is 4.34. The fourth-order valence-electron chi connectivity index (χ4n) is 2.68. The van der Waals surface area contributed by atoms with E-state index >= 15 is 0 Å². The van der Waals surface area contributed by atoms with E-state index < -0.39 is 42.4 Å². The van der Waals surface area contributed by atoms with E-state index in [1.807, 2.05) is 0 Å². The van der Waals surface area contributed by atoms with Crippen molar-refractivity contribution in [2.75, 3.05) is 6.61 Å². The zero-order chi connectivity index (χ0) is 20.3. The number of aliphatic hydroxyl groups excluding tert-OH is 3. The lowest BCUT2D eigenvalue weighted by atomic mass is 9.99. The van der Waals surface area contributed by atoms with Crippen LogP contribution < -0.4 is 4.74 Å². The fourth-order valence-corrected chi connectivity index (χ4v) is 2.68. The van der Waals surface area contributed by atoms with Crippen molar-refractivity contribution in [3.63, 3.8) is 0 Å². The van der Waals surface area contributed by atoms with Gasteiger partial charge in [-0.25, -0.2) is 4.79 Å². The molecule has 5 atom stereocenters. The minimum absolute atomic E-state index is 0.0444. The molecule has 1 aliphatic rings. The molecule has 0 spiro atoms. The maximum atomic E-state index is 12.0. The molecule has 2 aromatic rings. The second kappa shape index (κ2) is 8.44. The highest BCUT2D eigenvalue weighted by atomic mass is 16.7. The summed E-state index contributed by atoms with van der Waals surface area (Å²) in [5.41, 5.74) is 0.306. The van der Waals surface area contributed by atoms with Crippen molar-refractivity contribution in [1.82, 2.24) is 0 Å². The molecule has 9 nitrogen and oxygen atoms in total. The molecule has 9 heteroatoms. The molecule has 28 heavy (non-hydrogen) atoms. The molecule has 0 bridgehead atoms. The predicted molar refractivity (Wildman–Crippen MR) is 93.8 cm³/mol. The van der Waals surface area contributed by atoms with Crippen molar-refractivity contribution < 1.29 is 44.5 Å². The van der Waals surface area contributed by atoms with E-state index in [-0.39, 0.29) is 18.1 Å². The van der Waals surface area contributed by atoms with Crippen LogP contribution in [-0.2, 0) is 9.47 Å². The summed E-state index contributed by atoms with van der Waals surface area (Å²) in [6, 6.07) is 11.8. The highest BCUT2D eigenvalue weighted by Crippen LogP contribution is 2.31. The van der Waals surface area contributed by atoms with Gasteiger partial charge in [-0.05, 0) is 24.3 Å². The first-order valence-corrected chi connectivity index (χ1v) is 8.47. The number of ether oxygens (including phenoxy) is 3. The number of carbonyl (C=O) groups is 1. The molecular formula is C19H20O9. The molecule has 0 saturated carbocycles. The normalized spacial score (nSPS) is 27.2. The molecule has 1 fully saturated rings. The van der Waals surface area contributed by atoms with Gasteiger partial charge in [0.1, 0.15) is 36.8 Å². The number of phenolic OH excluding ortho intramolecular Hbond substituents is 2. The molecule has 1 heterocycles. The Morgan fingerprint density at radius 3 is 2.32 bits per heavy atom. The van der Waals surface area contributed by atoms with Crippen molar-refractivity contribution in [2.45, 2.75) is 30.7 Å². The van der Waals surface area contributed by atoms with Gasteiger partial charge in [0.25, 0.3) is 0 Å². The van der Waals surface area contributed by atoms with Crippen LogP contribution in [0.5, 0.6) is 17.2 Å². The van der Waals surface area contributed by atoms with Gasteiger partial charge in [-0.2, -0.15) is 0 Å². The summed E-state index contributed by atoms with van der Waals surface area (Å²) in [5.74, 6) is -1.41. The molecule has 2 aromatic carbocycles. The second-order valence-corrected chi connectivity index (χ2v) is 6.25. The van der Waals surface area contributed by atoms with Crippen LogP contribution in [0.2, 0.25) is 0 Å². The van der Waals surface area contributed by atoms with E-state index in [2.05, 4.69) is 0 Å². The van der Waals surface area contributed by atoms with Gasteiger partial charge in [-0.15, -0.1) is 0 Å². The zero-order valence-electron chi connectivity index (χ0n) is 14.6. The van der Waals surface area contributed by atoms with Crippen LogP contribution in [0.3, 0.4) is 0 Å². The quantitative estimate of drug-likeness (QED) is 0.354. The molecule has 1 saturated heterocycles. The number of carbonyl (C=O) groups excluding carboxylic acids is 1. The van der Waals surface area contributed by atoms with E-state index in [1.54, 1.807) is 30.3 Å². The van der Waals surface area contributed by atoms with Gasteiger partial charge in [0.15, 0.2) is 11.5 Å². The number of aromatic hydroxyl groups is 2. The first-order chi connectivity index (χ1) is 13.4. The maximum Gasteiger partial charge on any atom is 0.338 e. The lowest BCUT2D eigenvalue weighted by molar-refractivity contribution is -0.277. The fraction of sp³-hybridized carbons (Fsp3) is 0.316.